The summed E-state index contributed by atoms with van der Waals surface area (Å²) in [7, 11) is 1.41. The molecule has 2 N–H and O–H groups in total. The Bertz CT molecular complexity index is 472. The molecule has 98 valence electrons. The first-order valence-electron chi connectivity index (χ1n) is 5.11. The van der Waals surface area contributed by atoms with Gasteiger partial charge >= 0.3 is 5.97 Å². The van der Waals surface area contributed by atoms with E-state index < -0.39 is 17.5 Å². The van der Waals surface area contributed by atoms with Crippen LogP contribution in [0.5, 0.6) is 5.75 Å². The van der Waals surface area contributed by atoms with E-state index in [1.165, 1.54) is 26.2 Å². The number of alkyl halides is 1. The van der Waals surface area contributed by atoms with Crippen molar-refractivity contribution >= 4 is 23.4 Å². The van der Waals surface area contributed by atoms with Crippen LogP contribution in [-0.4, -0.2) is 29.1 Å². The van der Waals surface area contributed by atoms with Crippen molar-refractivity contribution in [1.82, 2.24) is 0 Å². The van der Waals surface area contributed by atoms with Gasteiger partial charge in [-0.15, -0.1) is 11.6 Å². The average molecular weight is 273 g/mol. The van der Waals surface area contributed by atoms with Crippen molar-refractivity contribution in [2.24, 2.45) is 0 Å². The summed E-state index contributed by atoms with van der Waals surface area (Å²) in [6.45, 7) is 1.29. The Labute approximate surface area is 109 Å². The van der Waals surface area contributed by atoms with E-state index in [1.807, 2.05) is 0 Å². The molecule has 0 aliphatic carbocycles. The molecule has 0 saturated carbocycles. The molecule has 0 bridgehead atoms. The molecule has 1 aromatic rings. The standard InChI is InChI=1S/C12H13ClO5/c1-6(14)10(13)8-4-3-7(18-2)5-9(8)11(15)12(16)17/h3-5,10-11,15H,1-2H3,(H,16,17). The summed E-state index contributed by atoms with van der Waals surface area (Å²) in [6, 6.07) is 4.37. The van der Waals surface area contributed by atoms with Gasteiger partial charge in [0.25, 0.3) is 0 Å². The molecule has 2 atom stereocenters. The lowest BCUT2D eigenvalue weighted by molar-refractivity contribution is -0.147. The molecule has 0 aromatic heterocycles. The number of hydrogen-bond donors (Lipinski definition) is 2. The van der Waals surface area contributed by atoms with Crippen LogP contribution in [0.3, 0.4) is 0 Å². The number of aliphatic hydroxyl groups excluding tert-OH is 1. The number of methoxy groups -OCH3 is 1. The molecule has 0 heterocycles. The average Bonchev–Trinajstić information content (AvgIpc) is 2.35. The zero-order valence-corrected chi connectivity index (χ0v) is 10.6. The number of ether oxygens (including phenoxy) is 1. The van der Waals surface area contributed by atoms with Gasteiger partial charge in [0, 0.05) is 5.56 Å². The number of aliphatic hydroxyl groups is 1. The zero-order valence-electron chi connectivity index (χ0n) is 9.88. The quantitative estimate of drug-likeness (QED) is 0.797. The summed E-state index contributed by atoms with van der Waals surface area (Å²) < 4.78 is 4.95. The first kappa shape index (κ1) is 14.5. The van der Waals surface area contributed by atoms with E-state index in [4.69, 9.17) is 21.4 Å². The van der Waals surface area contributed by atoms with Crippen LogP contribution in [0.25, 0.3) is 0 Å². The molecule has 5 nitrogen and oxygen atoms in total. The maximum Gasteiger partial charge on any atom is 0.337 e. The van der Waals surface area contributed by atoms with Crippen molar-refractivity contribution in [3.63, 3.8) is 0 Å². The van der Waals surface area contributed by atoms with Gasteiger partial charge in [-0.05, 0) is 24.6 Å². The third-order valence-electron chi connectivity index (χ3n) is 2.45. The van der Waals surface area contributed by atoms with E-state index in [-0.39, 0.29) is 16.9 Å². The topological polar surface area (TPSA) is 83.8 Å². The summed E-state index contributed by atoms with van der Waals surface area (Å²) in [6.07, 6.45) is -1.75. The normalized spacial score (nSPS) is 13.8. The Morgan fingerprint density at radius 1 is 1.33 bits per heavy atom. The third-order valence-corrected chi connectivity index (χ3v) is 2.99. The Balaban J connectivity index is 3.33. The number of carbonyl (C=O) groups is 2. The molecule has 2 unspecified atom stereocenters. The zero-order chi connectivity index (χ0) is 13.9. The Morgan fingerprint density at radius 3 is 2.39 bits per heavy atom. The summed E-state index contributed by atoms with van der Waals surface area (Å²) >= 11 is 5.90. The van der Waals surface area contributed by atoms with Gasteiger partial charge in [0.2, 0.25) is 0 Å². The molecule has 1 rings (SSSR count). The number of carboxylic acid groups (broad SMARTS) is 1. The molecular weight excluding hydrogens is 260 g/mol. The van der Waals surface area contributed by atoms with E-state index in [9.17, 15) is 14.7 Å². The SMILES string of the molecule is COc1ccc(C(Cl)C(C)=O)c(C(O)C(=O)O)c1. The van der Waals surface area contributed by atoms with Crippen molar-refractivity contribution < 1.29 is 24.5 Å². The molecule has 6 heteroatoms. The van der Waals surface area contributed by atoms with Gasteiger partial charge in [-0.1, -0.05) is 6.07 Å². The van der Waals surface area contributed by atoms with Gasteiger partial charge in [-0.3, -0.25) is 4.79 Å². The van der Waals surface area contributed by atoms with Crippen LogP contribution in [-0.2, 0) is 9.59 Å². The van der Waals surface area contributed by atoms with Crippen LogP contribution in [0.15, 0.2) is 18.2 Å². The van der Waals surface area contributed by atoms with Crippen molar-refractivity contribution in [2.45, 2.75) is 18.4 Å². The summed E-state index contributed by atoms with van der Waals surface area (Å²) in [4.78, 5) is 22.1. The Morgan fingerprint density at radius 2 is 1.94 bits per heavy atom. The van der Waals surface area contributed by atoms with Gasteiger partial charge in [0.15, 0.2) is 11.9 Å². The molecular formula is C12H13ClO5. The minimum atomic E-state index is -1.75. The molecule has 18 heavy (non-hydrogen) atoms. The van der Waals surface area contributed by atoms with E-state index in [0.717, 1.165) is 0 Å². The number of ketones is 1. The van der Waals surface area contributed by atoms with Crippen LogP contribution in [0.1, 0.15) is 29.5 Å². The van der Waals surface area contributed by atoms with Crippen molar-refractivity contribution in [3.05, 3.63) is 29.3 Å². The number of aliphatic carboxylic acids is 1. The van der Waals surface area contributed by atoms with E-state index in [1.54, 1.807) is 6.07 Å². The van der Waals surface area contributed by atoms with Crippen molar-refractivity contribution in [1.29, 1.82) is 0 Å². The van der Waals surface area contributed by atoms with E-state index in [2.05, 4.69) is 0 Å². The fourth-order valence-electron chi connectivity index (χ4n) is 1.50. The molecule has 1 aromatic carbocycles. The lowest BCUT2D eigenvalue weighted by atomic mass is 9.97. The third kappa shape index (κ3) is 3.00. The highest BCUT2D eigenvalue weighted by molar-refractivity contribution is 6.31. The van der Waals surface area contributed by atoms with Gasteiger partial charge in [-0.2, -0.15) is 0 Å². The predicted molar refractivity (Wildman–Crippen MR) is 64.9 cm³/mol. The first-order valence-corrected chi connectivity index (χ1v) is 5.55. The Kier molecular flexibility index (Phi) is 4.69. The van der Waals surface area contributed by atoms with Crippen LogP contribution >= 0.6 is 11.6 Å². The van der Waals surface area contributed by atoms with Crippen LogP contribution in [0.4, 0.5) is 0 Å². The fraction of sp³-hybridized carbons (Fsp3) is 0.333. The second-order valence-electron chi connectivity index (χ2n) is 3.71. The number of carbonyl (C=O) groups excluding carboxylic acids is 1. The molecule has 0 radical (unpaired) electrons. The molecule has 0 aliphatic heterocycles. The lowest BCUT2D eigenvalue weighted by Crippen LogP contribution is -2.15. The van der Waals surface area contributed by atoms with Gasteiger partial charge < -0.3 is 14.9 Å². The number of halogens is 1. The highest BCUT2D eigenvalue weighted by atomic mass is 35.5. The van der Waals surface area contributed by atoms with Crippen molar-refractivity contribution in [2.75, 3.05) is 7.11 Å². The van der Waals surface area contributed by atoms with Gasteiger partial charge in [0.05, 0.1) is 7.11 Å². The summed E-state index contributed by atoms with van der Waals surface area (Å²) in [5, 5.41) is 17.4. The highest BCUT2D eigenvalue weighted by Crippen LogP contribution is 2.32. The summed E-state index contributed by atoms with van der Waals surface area (Å²) in [5.74, 6) is -1.38. The largest absolute Gasteiger partial charge is 0.497 e. The minimum absolute atomic E-state index is 0.0528. The number of rotatable bonds is 5. The van der Waals surface area contributed by atoms with E-state index >= 15 is 0 Å². The molecule has 0 amide bonds. The monoisotopic (exact) mass is 272 g/mol. The maximum absolute atomic E-state index is 11.3. The van der Waals surface area contributed by atoms with E-state index in [0.29, 0.717) is 5.75 Å². The molecule has 0 spiro atoms. The second-order valence-corrected chi connectivity index (χ2v) is 4.15. The Hall–Kier alpha value is -1.59. The predicted octanol–water partition coefficient (Wildman–Crippen LogP) is 1.68. The van der Waals surface area contributed by atoms with Crippen LogP contribution < -0.4 is 4.74 Å². The van der Waals surface area contributed by atoms with Gasteiger partial charge in [-0.25, -0.2) is 4.79 Å². The smallest absolute Gasteiger partial charge is 0.337 e. The highest BCUT2D eigenvalue weighted by Gasteiger charge is 2.25. The fourth-order valence-corrected chi connectivity index (χ4v) is 1.70. The van der Waals surface area contributed by atoms with Crippen LogP contribution in [0.2, 0.25) is 0 Å². The number of Topliss-reactive ketones (excluding diaryl/α,β-unsaturated/α-hetero) is 1. The molecule has 0 saturated heterocycles. The summed E-state index contributed by atoms with van der Waals surface area (Å²) in [5.41, 5.74) is 0.317. The molecule has 0 fully saturated rings. The minimum Gasteiger partial charge on any atom is -0.497 e. The second kappa shape index (κ2) is 5.84. The maximum atomic E-state index is 11.3. The number of carboxylic acids is 1. The number of hydrogen-bond acceptors (Lipinski definition) is 4. The van der Waals surface area contributed by atoms with Crippen molar-refractivity contribution in [3.8, 4) is 5.75 Å². The van der Waals surface area contributed by atoms with Gasteiger partial charge in [0.1, 0.15) is 11.1 Å². The number of benzene rings is 1. The molecule has 0 aliphatic rings. The van der Waals surface area contributed by atoms with Crippen LogP contribution in [0, 0.1) is 0 Å². The lowest BCUT2D eigenvalue weighted by Gasteiger charge is -2.16. The first-order chi connectivity index (χ1) is 8.38.